The molecule has 4 nitrogen and oxygen atoms in total. The molecule has 0 unspecified atom stereocenters. The normalized spacial score (nSPS) is 20.6. The summed E-state index contributed by atoms with van der Waals surface area (Å²) >= 11 is 0. The van der Waals surface area contributed by atoms with Crippen LogP contribution in [-0.4, -0.2) is 26.9 Å². The number of hydrogen-bond acceptors (Lipinski definition) is 3. The van der Waals surface area contributed by atoms with Gasteiger partial charge in [-0.15, -0.1) is 0 Å². The van der Waals surface area contributed by atoms with E-state index in [9.17, 15) is 4.79 Å². The number of carbonyl (C=O) groups excluding carboxylic acids is 1. The molecule has 1 saturated carbocycles. The summed E-state index contributed by atoms with van der Waals surface area (Å²) in [6, 6.07) is 9.76. The van der Waals surface area contributed by atoms with Crippen molar-refractivity contribution in [1.82, 2.24) is 10.9 Å². The summed E-state index contributed by atoms with van der Waals surface area (Å²) in [6.45, 7) is 12.4. The lowest BCUT2D eigenvalue weighted by atomic mass is 9.97. The predicted molar refractivity (Wildman–Crippen MR) is 115 cm³/mol. The largest absolute Gasteiger partial charge is 0.417 e. The fourth-order valence-corrected chi connectivity index (χ4v) is 4.53. The van der Waals surface area contributed by atoms with E-state index in [0.29, 0.717) is 17.5 Å². The Kier molecular flexibility index (Phi) is 8.07. The number of unbranched alkanes of at least 4 members (excludes halogenated alkanes) is 1. The quantitative estimate of drug-likeness (QED) is 0.342. The molecule has 0 spiro atoms. The third-order valence-corrected chi connectivity index (χ3v) is 10.8. The van der Waals surface area contributed by atoms with Crippen LogP contribution in [0.15, 0.2) is 30.3 Å². The van der Waals surface area contributed by atoms with Crippen LogP contribution < -0.4 is 10.9 Å². The Bertz CT molecular complexity index is 584. The fourth-order valence-electron chi connectivity index (χ4n) is 3.44. The SMILES string of the molecule is CC(C)(C)[Si](C)(C)OCCCC[C@@H]1CCC[C@H]1NNC(=O)c1ccccc1. The van der Waals surface area contributed by atoms with Gasteiger partial charge in [0.25, 0.3) is 5.91 Å². The second-order valence-electron chi connectivity index (χ2n) is 9.37. The van der Waals surface area contributed by atoms with Crippen molar-refractivity contribution < 1.29 is 9.22 Å². The summed E-state index contributed by atoms with van der Waals surface area (Å²) in [4.78, 5) is 12.2. The molecule has 0 radical (unpaired) electrons. The molecule has 0 saturated heterocycles. The molecule has 0 heterocycles. The Hall–Kier alpha value is -1.17. The summed E-state index contributed by atoms with van der Waals surface area (Å²) in [5.74, 6) is 0.595. The Morgan fingerprint density at radius 2 is 1.85 bits per heavy atom. The van der Waals surface area contributed by atoms with Gasteiger partial charge in [0.2, 0.25) is 0 Å². The molecular weight excluding hydrogens is 352 g/mol. The molecule has 1 aromatic carbocycles. The number of carbonyl (C=O) groups is 1. The maximum atomic E-state index is 12.2. The predicted octanol–water partition coefficient (Wildman–Crippen LogP) is 5.28. The van der Waals surface area contributed by atoms with E-state index in [0.717, 1.165) is 19.4 Å². The first-order valence-corrected chi connectivity index (χ1v) is 13.4. The molecule has 152 valence electrons. The summed E-state index contributed by atoms with van der Waals surface area (Å²) in [5.41, 5.74) is 6.89. The van der Waals surface area contributed by atoms with Gasteiger partial charge in [0.15, 0.2) is 8.32 Å². The van der Waals surface area contributed by atoms with Crippen molar-refractivity contribution in [2.75, 3.05) is 6.61 Å². The standard InChI is InChI=1S/C22H38N2O2Si/c1-22(2,3)27(4,5)26-17-10-9-12-18-15-11-16-20(18)23-24-21(25)19-13-7-6-8-14-19/h6-8,13-14,18,20,23H,9-12,15-17H2,1-5H3,(H,24,25)/t18-,20-/m1/s1. The molecule has 1 aliphatic carbocycles. The average molecular weight is 391 g/mol. The van der Waals surface area contributed by atoms with Gasteiger partial charge in [0, 0.05) is 18.2 Å². The lowest BCUT2D eigenvalue weighted by molar-refractivity contribution is 0.0919. The summed E-state index contributed by atoms with van der Waals surface area (Å²) < 4.78 is 6.28. The number of hydrazine groups is 1. The van der Waals surface area contributed by atoms with Gasteiger partial charge in [-0.2, -0.15) is 0 Å². The van der Waals surface area contributed by atoms with Gasteiger partial charge in [0.1, 0.15) is 0 Å². The van der Waals surface area contributed by atoms with Crippen LogP contribution in [0.4, 0.5) is 0 Å². The molecule has 1 amide bonds. The van der Waals surface area contributed by atoms with Gasteiger partial charge >= 0.3 is 0 Å². The lowest BCUT2D eigenvalue weighted by Crippen LogP contribution is -2.45. The maximum absolute atomic E-state index is 12.2. The van der Waals surface area contributed by atoms with E-state index >= 15 is 0 Å². The van der Waals surface area contributed by atoms with E-state index in [-0.39, 0.29) is 10.9 Å². The van der Waals surface area contributed by atoms with Gasteiger partial charge in [-0.1, -0.05) is 51.8 Å². The Morgan fingerprint density at radius 3 is 2.52 bits per heavy atom. The molecule has 0 aromatic heterocycles. The van der Waals surface area contributed by atoms with Crippen molar-refractivity contribution in [2.45, 2.75) is 83.5 Å². The van der Waals surface area contributed by atoms with Crippen molar-refractivity contribution in [1.29, 1.82) is 0 Å². The maximum Gasteiger partial charge on any atom is 0.265 e. The van der Waals surface area contributed by atoms with Crippen molar-refractivity contribution in [3.8, 4) is 0 Å². The van der Waals surface area contributed by atoms with Crippen molar-refractivity contribution >= 4 is 14.2 Å². The highest BCUT2D eigenvalue weighted by Gasteiger charge is 2.36. The molecular formula is C22H38N2O2Si. The molecule has 1 aliphatic rings. The van der Waals surface area contributed by atoms with Gasteiger partial charge in [-0.25, -0.2) is 5.43 Å². The first-order valence-electron chi connectivity index (χ1n) is 10.5. The number of rotatable bonds is 9. The molecule has 2 rings (SSSR count). The highest BCUT2D eigenvalue weighted by molar-refractivity contribution is 6.74. The minimum Gasteiger partial charge on any atom is -0.417 e. The zero-order valence-electron chi connectivity index (χ0n) is 17.8. The molecule has 5 heteroatoms. The molecule has 1 fully saturated rings. The van der Waals surface area contributed by atoms with Gasteiger partial charge in [0.05, 0.1) is 0 Å². The summed E-state index contributed by atoms with van der Waals surface area (Å²) in [7, 11) is -1.62. The van der Waals surface area contributed by atoms with E-state index in [1.165, 1.54) is 25.7 Å². The topological polar surface area (TPSA) is 50.4 Å². The summed E-state index contributed by atoms with van der Waals surface area (Å²) in [5, 5.41) is 0.282. The highest BCUT2D eigenvalue weighted by Crippen LogP contribution is 2.36. The van der Waals surface area contributed by atoms with Crippen LogP contribution in [0.5, 0.6) is 0 Å². The van der Waals surface area contributed by atoms with Crippen LogP contribution in [0.25, 0.3) is 0 Å². The Morgan fingerprint density at radius 1 is 1.15 bits per heavy atom. The van der Waals surface area contributed by atoms with Crippen LogP contribution in [0.2, 0.25) is 18.1 Å². The number of benzene rings is 1. The van der Waals surface area contributed by atoms with Gasteiger partial charge in [-0.3, -0.25) is 10.2 Å². The van der Waals surface area contributed by atoms with Gasteiger partial charge < -0.3 is 4.43 Å². The molecule has 0 aliphatic heterocycles. The molecule has 2 N–H and O–H groups in total. The second-order valence-corrected chi connectivity index (χ2v) is 14.2. The van der Waals surface area contributed by atoms with Crippen molar-refractivity contribution in [3.05, 3.63) is 35.9 Å². The summed E-state index contributed by atoms with van der Waals surface area (Å²) in [6.07, 6.45) is 7.17. The number of hydrogen-bond donors (Lipinski definition) is 2. The first kappa shape index (κ1) is 22.1. The fraction of sp³-hybridized carbons (Fsp3) is 0.682. The third kappa shape index (κ3) is 6.73. The number of amides is 1. The Balaban J connectivity index is 1.67. The first-order chi connectivity index (χ1) is 12.7. The highest BCUT2D eigenvalue weighted by atomic mass is 28.4. The smallest absolute Gasteiger partial charge is 0.265 e. The van der Waals surface area contributed by atoms with E-state index in [2.05, 4.69) is 44.7 Å². The zero-order valence-corrected chi connectivity index (χ0v) is 18.8. The van der Waals surface area contributed by atoms with Crippen LogP contribution >= 0.6 is 0 Å². The van der Waals surface area contributed by atoms with E-state index in [1.807, 2.05) is 30.3 Å². The number of nitrogens with one attached hydrogen (secondary N) is 2. The van der Waals surface area contributed by atoms with E-state index in [4.69, 9.17) is 4.43 Å². The van der Waals surface area contributed by atoms with Crippen molar-refractivity contribution in [3.63, 3.8) is 0 Å². The van der Waals surface area contributed by atoms with Crippen LogP contribution in [-0.2, 0) is 4.43 Å². The minimum atomic E-state index is -1.62. The van der Waals surface area contributed by atoms with E-state index in [1.54, 1.807) is 0 Å². The second kappa shape index (κ2) is 9.85. The van der Waals surface area contributed by atoms with Gasteiger partial charge in [-0.05, 0) is 61.9 Å². The lowest BCUT2D eigenvalue weighted by Gasteiger charge is -2.36. The van der Waals surface area contributed by atoms with Crippen LogP contribution in [0, 0.1) is 5.92 Å². The Labute approximate surface area is 166 Å². The van der Waals surface area contributed by atoms with Crippen LogP contribution in [0.1, 0.15) is 69.7 Å². The van der Waals surface area contributed by atoms with Crippen molar-refractivity contribution in [2.24, 2.45) is 5.92 Å². The third-order valence-electron chi connectivity index (χ3n) is 6.30. The molecule has 0 bridgehead atoms. The zero-order chi connectivity index (χ0) is 19.9. The monoisotopic (exact) mass is 390 g/mol. The molecule has 2 atom stereocenters. The molecule has 27 heavy (non-hydrogen) atoms. The molecule has 1 aromatic rings. The van der Waals surface area contributed by atoms with Crippen LogP contribution in [0.3, 0.4) is 0 Å². The van der Waals surface area contributed by atoms with E-state index < -0.39 is 8.32 Å². The average Bonchev–Trinajstić information content (AvgIpc) is 3.06. The minimum absolute atomic E-state index is 0.0518.